The smallest absolute Gasteiger partial charge is 0.269 e. The van der Waals surface area contributed by atoms with Gasteiger partial charge in [0, 0.05) is 62.5 Å². The van der Waals surface area contributed by atoms with Crippen molar-refractivity contribution in [2.24, 2.45) is 7.05 Å². The monoisotopic (exact) mass is 491 g/mol. The molecule has 0 bridgehead atoms. The molecular formula is C25H25N5O6. The number of benzene rings is 2. The summed E-state index contributed by atoms with van der Waals surface area (Å²) in [6.45, 7) is 1.01. The predicted octanol–water partition coefficient (Wildman–Crippen LogP) is 2.69. The predicted molar refractivity (Wildman–Crippen MR) is 128 cm³/mol. The number of fused-ring (bicyclic) bond motifs is 1. The Balaban J connectivity index is 1.27. The minimum absolute atomic E-state index is 0.0521. The third-order valence-electron chi connectivity index (χ3n) is 6.77. The number of nitro benzene ring substituents is 1. The number of nitrogens with one attached hydrogen (secondary N) is 1. The summed E-state index contributed by atoms with van der Waals surface area (Å²) in [4.78, 5) is 48.9. The number of likely N-dealkylation sites (tertiary alicyclic amines) is 1. The van der Waals surface area contributed by atoms with Crippen LogP contribution >= 0.6 is 0 Å². The summed E-state index contributed by atoms with van der Waals surface area (Å²) in [6, 6.07) is 11.3. The summed E-state index contributed by atoms with van der Waals surface area (Å²) >= 11 is 0. The fraction of sp³-hybridized carbons (Fsp3) is 0.360. The number of nitrogens with zero attached hydrogens (tertiary/aromatic N) is 4. The van der Waals surface area contributed by atoms with Gasteiger partial charge in [0.25, 0.3) is 11.6 Å². The van der Waals surface area contributed by atoms with Crippen LogP contribution in [0.1, 0.15) is 47.7 Å². The van der Waals surface area contributed by atoms with Crippen LogP contribution in [0, 0.1) is 10.1 Å². The molecule has 36 heavy (non-hydrogen) atoms. The second-order valence-electron chi connectivity index (χ2n) is 9.08. The van der Waals surface area contributed by atoms with E-state index in [0.717, 1.165) is 10.9 Å². The first-order valence-electron chi connectivity index (χ1n) is 11.8. The van der Waals surface area contributed by atoms with Crippen molar-refractivity contribution >= 4 is 34.3 Å². The number of para-hydroxylation sites is 1. The van der Waals surface area contributed by atoms with Crippen LogP contribution in [0.2, 0.25) is 0 Å². The van der Waals surface area contributed by atoms with Gasteiger partial charge in [0.2, 0.25) is 11.8 Å². The zero-order chi connectivity index (χ0) is 25.4. The van der Waals surface area contributed by atoms with Gasteiger partial charge in [-0.05, 0) is 24.6 Å². The average Bonchev–Trinajstić information content (AvgIpc) is 3.21. The van der Waals surface area contributed by atoms with Gasteiger partial charge >= 0.3 is 0 Å². The molecule has 3 heterocycles. The molecule has 0 saturated carbocycles. The van der Waals surface area contributed by atoms with Crippen molar-refractivity contribution in [3.63, 3.8) is 0 Å². The van der Waals surface area contributed by atoms with E-state index in [9.17, 15) is 24.5 Å². The lowest BCUT2D eigenvalue weighted by Crippen LogP contribution is -2.41. The number of ether oxygens (including phenoxy) is 1. The standard InChI is InChI=1S/C25H25N5O6/c1-28-23-18(22(27-28)19-9-10-21(31)26-24(19)32)3-2-4-20(23)36-17-11-13-29(14-12-17)25(33)15-5-7-16(8-6-15)30(34)35/h2-8,17,19H,9-14H2,1H3,(H,26,31,32). The van der Waals surface area contributed by atoms with Crippen LogP contribution in [0.5, 0.6) is 5.75 Å². The van der Waals surface area contributed by atoms with Crippen molar-refractivity contribution in [2.75, 3.05) is 13.1 Å². The van der Waals surface area contributed by atoms with E-state index in [2.05, 4.69) is 10.4 Å². The molecule has 2 fully saturated rings. The summed E-state index contributed by atoms with van der Waals surface area (Å²) < 4.78 is 8.05. The highest BCUT2D eigenvalue weighted by atomic mass is 16.6. The number of rotatable bonds is 5. The Morgan fingerprint density at radius 1 is 1.11 bits per heavy atom. The van der Waals surface area contributed by atoms with Crippen molar-refractivity contribution in [2.45, 2.75) is 37.7 Å². The highest BCUT2D eigenvalue weighted by Crippen LogP contribution is 2.35. The topological polar surface area (TPSA) is 137 Å². The number of carbonyl (C=O) groups excluding carboxylic acids is 3. The molecule has 11 nitrogen and oxygen atoms in total. The van der Waals surface area contributed by atoms with E-state index in [1.54, 1.807) is 16.6 Å². The van der Waals surface area contributed by atoms with Crippen molar-refractivity contribution in [3.8, 4) is 5.75 Å². The molecule has 2 saturated heterocycles. The third kappa shape index (κ3) is 4.39. The van der Waals surface area contributed by atoms with Crippen LogP contribution in [0.4, 0.5) is 5.69 Å². The molecule has 1 N–H and O–H groups in total. The van der Waals surface area contributed by atoms with Gasteiger partial charge in [-0.1, -0.05) is 12.1 Å². The number of non-ortho nitro benzene ring substituents is 1. The van der Waals surface area contributed by atoms with Gasteiger partial charge < -0.3 is 9.64 Å². The lowest BCUT2D eigenvalue weighted by Gasteiger charge is -2.32. The Morgan fingerprint density at radius 2 is 1.83 bits per heavy atom. The van der Waals surface area contributed by atoms with Crippen LogP contribution in [-0.4, -0.2) is 56.5 Å². The molecule has 11 heteroatoms. The summed E-state index contributed by atoms with van der Waals surface area (Å²) in [6.07, 6.45) is 1.86. The van der Waals surface area contributed by atoms with Gasteiger partial charge in [0.1, 0.15) is 17.4 Å². The number of aryl methyl sites for hydroxylation is 1. The first-order chi connectivity index (χ1) is 17.3. The molecule has 3 aromatic rings. The molecule has 1 atom stereocenters. The lowest BCUT2D eigenvalue weighted by atomic mass is 9.93. The highest BCUT2D eigenvalue weighted by Gasteiger charge is 2.32. The van der Waals surface area contributed by atoms with E-state index < -0.39 is 10.8 Å². The van der Waals surface area contributed by atoms with E-state index in [1.165, 1.54) is 24.3 Å². The molecule has 2 aliphatic heterocycles. The van der Waals surface area contributed by atoms with Gasteiger partial charge in [-0.25, -0.2) is 0 Å². The zero-order valence-corrected chi connectivity index (χ0v) is 19.7. The number of hydrogen-bond donors (Lipinski definition) is 1. The van der Waals surface area contributed by atoms with Crippen LogP contribution in [0.3, 0.4) is 0 Å². The molecule has 186 valence electrons. The number of piperidine rings is 2. The van der Waals surface area contributed by atoms with E-state index in [0.29, 0.717) is 49.4 Å². The highest BCUT2D eigenvalue weighted by molar-refractivity contribution is 6.03. The van der Waals surface area contributed by atoms with E-state index in [-0.39, 0.29) is 35.9 Å². The van der Waals surface area contributed by atoms with E-state index >= 15 is 0 Å². The zero-order valence-electron chi connectivity index (χ0n) is 19.7. The molecule has 0 radical (unpaired) electrons. The average molecular weight is 492 g/mol. The maximum Gasteiger partial charge on any atom is 0.269 e. The summed E-state index contributed by atoms with van der Waals surface area (Å²) in [5, 5.41) is 18.6. The molecule has 0 spiro atoms. The maximum atomic E-state index is 12.8. The minimum Gasteiger partial charge on any atom is -0.488 e. The van der Waals surface area contributed by atoms with Crippen LogP contribution in [0.15, 0.2) is 42.5 Å². The summed E-state index contributed by atoms with van der Waals surface area (Å²) in [5.74, 6) is -0.593. The van der Waals surface area contributed by atoms with Crippen molar-refractivity contribution in [1.29, 1.82) is 0 Å². The van der Waals surface area contributed by atoms with Crippen molar-refractivity contribution in [3.05, 3.63) is 63.8 Å². The maximum absolute atomic E-state index is 12.8. The number of aromatic nitrogens is 2. The first kappa shape index (κ1) is 23.5. The Bertz CT molecular complexity index is 1360. The molecule has 1 unspecified atom stereocenters. The van der Waals surface area contributed by atoms with E-state index in [4.69, 9.17) is 4.74 Å². The van der Waals surface area contributed by atoms with Crippen LogP contribution in [-0.2, 0) is 16.6 Å². The quantitative estimate of drug-likeness (QED) is 0.329. The Hall–Kier alpha value is -4.28. The molecule has 0 aliphatic carbocycles. The number of nitro groups is 1. The van der Waals surface area contributed by atoms with Gasteiger partial charge in [0.05, 0.1) is 16.5 Å². The molecule has 2 aromatic carbocycles. The fourth-order valence-corrected chi connectivity index (χ4v) is 4.90. The largest absolute Gasteiger partial charge is 0.488 e. The van der Waals surface area contributed by atoms with Crippen LogP contribution < -0.4 is 10.1 Å². The minimum atomic E-state index is -0.492. The van der Waals surface area contributed by atoms with Gasteiger partial charge in [-0.3, -0.25) is 34.5 Å². The molecule has 1 aromatic heterocycles. The second-order valence-corrected chi connectivity index (χ2v) is 9.08. The number of amides is 3. The van der Waals surface area contributed by atoms with Crippen molar-refractivity contribution < 1.29 is 24.0 Å². The van der Waals surface area contributed by atoms with Crippen molar-refractivity contribution in [1.82, 2.24) is 20.0 Å². The van der Waals surface area contributed by atoms with Gasteiger partial charge in [-0.2, -0.15) is 5.10 Å². The Labute approximate surface area is 206 Å². The lowest BCUT2D eigenvalue weighted by molar-refractivity contribution is -0.384. The number of imide groups is 1. The molecule has 2 aliphatic rings. The molecular weight excluding hydrogens is 466 g/mol. The molecule has 3 amide bonds. The number of carbonyl (C=O) groups is 3. The van der Waals surface area contributed by atoms with E-state index in [1.807, 2.05) is 18.2 Å². The third-order valence-corrected chi connectivity index (χ3v) is 6.77. The fourth-order valence-electron chi connectivity index (χ4n) is 4.90. The Kier molecular flexibility index (Phi) is 6.13. The summed E-state index contributed by atoms with van der Waals surface area (Å²) in [7, 11) is 1.80. The van der Waals surface area contributed by atoms with Crippen LogP contribution in [0.25, 0.3) is 10.9 Å². The molecule has 5 rings (SSSR count). The van der Waals surface area contributed by atoms with Gasteiger partial charge in [0.15, 0.2) is 0 Å². The normalized spacial score (nSPS) is 18.8. The summed E-state index contributed by atoms with van der Waals surface area (Å²) in [5.41, 5.74) is 1.78. The second kappa shape index (κ2) is 9.40. The van der Waals surface area contributed by atoms with Gasteiger partial charge in [-0.15, -0.1) is 0 Å². The SMILES string of the molecule is Cn1nc(C2CCC(=O)NC2=O)c2cccc(OC3CCN(C(=O)c4ccc([N+](=O)[O-])cc4)CC3)c21. The first-order valence-corrected chi connectivity index (χ1v) is 11.8. The Morgan fingerprint density at radius 3 is 2.50 bits per heavy atom. The number of hydrogen-bond acceptors (Lipinski definition) is 7.